The van der Waals surface area contributed by atoms with Crippen LogP contribution in [-0.4, -0.2) is 11.8 Å². The molecule has 1 saturated heterocycles. The molecule has 23 heavy (non-hydrogen) atoms. The predicted molar refractivity (Wildman–Crippen MR) is 89.7 cm³/mol. The molecule has 2 aromatic carbocycles. The van der Waals surface area contributed by atoms with Crippen LogP contribution in [-0.2, 0) is 9.59 Å². The lowest BCUT2D eigenvalue weighted by molar-refractivity contribution is -0.125. The fourth-order valence-electron chi connectivity index (χ4n) is 3.77. The van der Waals surface area contributed by atoms with Crippen LogP contribution in [0.3, 0.4) is 0 Å². The molecule has 0 N–H and O–H groups in total. The molecule has 1 aliphatic carbocycles. The summed E-state index contributed by atoms with van der Waals surface area (Å²) in [6, 6.07) is 14.5. The van der Waals surface area contributed by atoms with Gasteiger partial charge in [0.15, 0.2) is 0 Å². The van der Waals surface area contributed by atoms with Crippen LogP contribution in [0.15, 0.2) is 48.5 Å². The number of amides is 2. The number of carbonyl (C=O) groups is 2. The molecular formula is C18H13Cl2NO2. The first kappa shape index (κ1) is 14.7. The minimum Gasteiger partial charge on any atom is -0.274 e. The maximum absolute atomic E-state index is 12.9. The SMILES string of the molecule is C[C@]12C(=O)N(c3cc(Cl)cc(Cl)c3)C(=O)[C@H]1[C@@H]2c1ccccc1. The molecule has 1 saturated carbocycles. The Bertz CT molecular complexity index is 816. The van der Waals surface area contributed by atoms with Crippen LogP contribution < -0.4 is 4.90 Å². The molecular weight excluding hydrogens is 333 g/mol. The predicted octanol–water partition coefficient (Wildman–Crippen LogP) is 4.29. The zero-order valence-electron chi connectivity index (χ0n) is 12.3. The molecule has 4 rings (SSSR count). The van der Waals surface area contributed by atoms with E-state index in [1.807, 2.05) is 37.3 Å². The van der Waals surface area contributed by atoms with Crippen LogP contribution >= 0.6 is 23.2 Å². The van der Waals surface area contributed by atoms with Gasteiger partial charge in [-0.1, -0.05) is 53.5 Å². The molecule has 0 aromatic heterocycles. The van der Waals surface area contributed by atoms with Crippen LogP contribution in [0.2, 0.25) is 10.0 Å². The van der Waals surface area contributed by atoms with Gasteiger partial charge in [0.1, 0.15) is 0 Å². The number of rotatable bonds is 2. The van der Waals surface area contributed by atoms with Gasteiger partial charge in [0.2, 0.25) is 11.8 Å². The first-order valence-electron chi connectivity index (χ1n) is 7.34. The Morgan fingerprint density at radius 2 is 1.57 bits per heavy atom. The molecule has 1 aliphatic heterocycles. The summed E-state index contributed by atoms with van der Waals surface area (Å²) < 4.78 is 0. The van der Waals surface area contributed by atoms with Crippen molar-refractivity contribution in [3.05, 3.63) is 64.1 Å². The summed E-state index contributed by atoms with van der Waals surface area (Å²) in [5, 5.41) is 0.803. The highest BCUT2D eigenvalue weighted by atomic mass is 35.5. The average molecular weight is 346 g/mol. The van der Waals surface area contributed by atoms with E-state index in [0.29, 0.717) is 15.7 Å². The number of imide groups is 1. The Kier molecular flexibility index (Phi) is 3.09. The van der Waals surface area contributed by atoms with E-state index < -0.39 is 5.41 Å². The molecule has 3 nitrogen and oxygen atoms in total. The third-order valence-electron chi connectivity index (χ3n) is 4.93. The van der Waals surface area contributed by atoms with Gasteiger partial charge < -0.3 is 0 Å². The number of fused-ring (bicyclic) bond motifs is 1. The lowest BCUT2D eigenvalue weighted by atomic mass is 10.00. The highest BCUT2D eigenvalue weighted by Gasteiger charge is 2.76. The average Bonchev–Trinajstić information content (AvgIpc) is 3.08. The summed E-state index contributed by atoms with van der Waals surface area (Å²) in [5.74, 6) is -0.714. The normalized spacial score (nSPS) is 28.9. The summed E-state index contributed by atoms with van der Waals surface area (Å²) in [4.78, 5) is 26.9. The van der Waals surface area contributed by atoms with Crippen molar-refractivity contribution < 1.29 is 9.59 Å². The molecule has 2 amide bonds. The van der Waals surface area contributed by atoms with Crippen molar-refractivity contribution in [1.82, 2.24) is 0 Å². The molecule has 3 atom stereocenters. The van der Waals surface area contributed by atoms with Crippen molar-refractivity contribution in [2.24, 2.45) is 11.3 Å². The van der Waals surface area contributed by atoms with Gasteiger partial charge in [0, 0.05) is 16.0 Å². The number of benzene rings is 2. The second kappa shape index (κ2) is 4.83. The van der Waals surface area contributed by atoms with Gasteiger partial charge in [-0.25, -0.2) is 4.90 Å². The van der Waals surface area contributed by atoms with E-state index in [1.165, 1.54) is 4.90 Å². The van der Waals surface area contributed by atoms with E-state index in [2.05, 4.69) is 0 Å². The van der Waals surface area contributed by atoms with Gasteiger partial charge in [0.05, 0.1) is 17.0 Å². The van der Waals surface area contributed by atoms with Gasteiger partial charge >= 0.3 is 0 Å². The number of hydrogen-bond donors (Lipinski definition) is 0. The standard InChI is InChI=1S/C18H13Cl2NO2/c1-18-14(10-5-3-2-4-6-10)15(18)16(22)21(17(18)23)13-8-11(19)7-12(20)9-13/h2-9,14-15H,1H3/t14-,15+,18+/m0/s1. The van der Waals surface area contributed by atoms with E-state index in [4.69, 9.17) is 23.2 Å². The summed E-state index contributed by atoms with van der Waals surface area (Å²) in [6.45, 7) is 1.86. The van der Waals surface area contributed by atoms with E-state index in [9.17, 15) is 9.59 Å². The third kappa shape index (κ3) is 1.97. The molecule has 0 unspecified atom stereocenters. The van der Waals surface area contributed by atoms with Crippen molar-refractivity contribution in [1.29, 1.82) is 0 Å². The second-order valence-electron chi connectivity index (χ2n) is 6.26. The smallest absolute Gasteiger partial charge is 0.241 e. The molecule has 0 radical (unpaired) electrons. The van der Waals surface area contributed by atoms with Crippen LogP contribution in [0.5, 0.6) is 0 Å². The summed E-state index contributed by atoms with van der Waals surface area (Å²) in [7, 11) is 0. The fraction of sp³-hybridized carbons (Fsp3) is 0.222. The van der Waals surface area contributed by atoms with E-state index in [0.717, 1.165) is 5.56 Å². The maximum atomic E-state index is 12.9. The molecule has 0 bridgehead atoms. The van der Waals surface area contributed by atoms with Crippen molar-refractivity contribution in [2.75, 3.05) is 4.90 Å². The first-order valence-corrected chi connectivity index (χ1v) is 8.09. The Morgan fingerprint density at radius 3 is 2.09 bits per heavy atom. The van der Waals surface area contributed by atoms with Crippen molar-refractivity contribution >= 4 is 40.7 Å². The number of halogens is 2. The van der Waals surface area contributed by atoms with E-state index >= 15 is 0 Å². The summed E-state index contributed by atoms with van der Waals surface area (Å²) >= 11 is 12.0. The molecule has 2 fully saturated rings. The lowest BCUT2D eigenvalue weighted by Crippen LogP contribution is -2.36. The Hall–Kier alpha value is -1.84. The van der Waals surface area contributed by atoms with Gasteiger partial charge in [-0.15, -0.1) is 0 Å². The van der Waals surface area contributed by atoms with E-state index in [-0.39, 0.29) is 23.7 Å². The van der Waals surface area contributed by atoms with Crippen molar-refractivity contribution in [2.45, 2.75) is 12.8 Å². The number of piperidine rings is 1. The Morgan fingerprint density at radius 1 is 0.957 bits per heavy atom. The van der Waals surface area contributed by atoms with Gasteiger partial charge in [-0.2, -0.15) is 0 Å². The quantitative estimate of drug-likeness (QED) is 0.761. The van der Waals surface area contributed by atoms with Crippen molar-refractivity contribution in [3.8, 4) is 0 Å². The minimum atomic E-state index is -0.673. The minimum absolute atomic E-state index is 0.0467. The zero-order chi connectivity index (χ0) is 16.4. The Labute approximate surface area is 143 Å². The maximum Gasteiger partial charge on any atom is 0.241 e. The zero-order valence-corrected chi connectivity index (χ0v) is 13.8. The molecule has 5 heteroatoms. The Balaban J connectivity index is 1.72. The highest BCUT2D eigenvalue weighted by Crippen LogP contribution is 2.69. The number of nitrogens with zero attached hydrogens (tertiary/aromatic N) is 1. The van der Waals surface area contributed by atoms with Gasteiger partial charge in [-0.3, -0.25) is 9.59 Å². The second-order valence-corrected chi connectivity index (χ2v) is 7.13. The van der Waals surface area contributed by atoms with E-state index in [1.54, 1.807) is 18.2 Å². The summed E-state index contributed by atoms with van der Waals surface area (Å²) in [6.07, 6.45) is 0. The van der Waals surface area contributed by atoms with Gasteiger partial charge in [-0.05, 0) is 30.7 Å². The van der Waals surface area contributed by atoms with Crippen LogP contribution in [0, 0.1) is 11.3 Å². The number of anilines is 1. The molecule has 116 valence electrons. The summed E-state index contributed by atoms with van der Waals surface area (Å²) in [5.41, 5.74) is 0.802. The molecule has 0 spiro atoms. The first-order chi connectivity index (χ1) is 10.9. The molecule has 2 aliphatic rings. The van der Waals surface area contributed by atoms with Crippen LogP contribution in [0.25, 0.3) is 0 Å². The molecule has 1 heterocycles. The monoisotopic (exact) mass is 345 g/mol. The topological polar surface area (TPSA) is 37.4 Å². The molecule has 2 aromatic rings. The third-order valence-corrected chi connectivity index (χ3v) is 5.37. The largest absolute Gasteiger partial charge is 0.274 e. The fourth-order valence-corrected chi connectivity index (χ4v) is 4.28. The van der Waals surface area contributed by atoms with Crippen LogP contribution in [0.1, 0.15) is 18.4 Å². The van der Waals surface area contributed by atoms with Crippen LogP contribution in [0.4, 0.5) is 5.69 Å². The highest BCUT2D eigenvalue weighted by molar-refractivity contribution is 6.36. The van der Waals surface area contributed by atoms with Gasteiger partial charge in [0.25, 0.3) is 0 Å². The lowest BCUT2D eigenvalue weighted by Gasteiger charge is -2.21. The number of hydrogen-bond acceptors (Lipinski definition) is 2. The number of carbonyl (C=O) groups excluding carboxylic acids is 2. The van der Waals surface area contributed by atoms with Crippen molar-refractivity contribution in [3.63, 3.8) is 0 Å².